The Labute approximate surface area is 126 Å². The third kappa shape index (κ3) is 3.32. The fourth-order valence-corrected chi connectivity index (χ4v) is 4.25. The van der Waals surface area contributed by atoms with Crippen molar-refractivity contribution in [2.24, 2.45) is 5.41 Å². The zero-order chi connectivity index (χ0) is 15.8. The summed E-state index contributed by atoms with van der Waals surface area (Å²) in [6, 6.07) is 4.05. The summed E-state index contributed by atoms with van der Waals surface area (Å²) >= 11 is 0. The molecule has 6 heteroatoms. The molecule has 2 rings (SSSR count). The van der Waals surface area contributed by atoms with Crippen LogP contribution in [-0.2, 0) is 10.0 Å². The summed E-state index contributed by atoms with van der Waals surface area (Å²) in [5.41, 5.74) is 5.97. The van der Waals surface area contributed by atoms with Gasteiger partial charge in [-0.1, -0.05) is 13.8 Å². The average Bonchev–Trinajstić information content (AvgIpc) is 2.41. The van der Waals surface area contributed by atoms with Gasteiger partial charge >= 0.3 is 0 Å². The minimum Gasteiger partial charge on any atom is -0.506 e. The number of benzene rings is 1. The molecule has 118 valence electrons. The van der Waals surface area contributed by atoms with Gasteiger partial charge in [-0.25, -0.2) is 8.42 Å². The lowest BCUT2D eigenvalue weighted by Crippen LogP contribution is -2.40. The molecule has 0 atom stereocenters. The van der Waals surface area contributed by atoms with E-state index in [2.05, 4.69) is 13.8 Å². The van der Waals surface area contributed by atoms with Gasteiger partial charge in [-0.3, -0.25) is 0 Å². The lowest BCUT2D eigenvalue weighted by Gasteiger charge is -2.38. The first-order chi connectivity index (χ1) is 9.63. The number of hydrogen-bond acceptors (Lipinski definition) is 4. The van der Waals surface area contributed by atoms with E-state index in [-0.39, 0.29) is 22.4 Å². The van der Waals surface area contributed by atoms with Crippen molar-refractivity contribution in [3.63, 3.8) is 0 Å². The van der Waals surface area contributed by atoms with Crippen LogP contribution in [0.1, 0.15) is 39.5 Å². The molecule has 21 heavy (non-hydrogen) atoms. The molecule has 1 aromatic carbocycles. The first-order valence-electron chi connectivity index (χ1n) is 7.20. The molecular formula is C15H24N2O3S. The highest BCUT2D eigenvalue weighted by molar-refractivity contribution is 7.89. The number of rotatable bonds is 3. The SMILES string of the molecule is CN(C1CCC(C)(C)CC1)S(=O)(=O)c1ccc(O)c(N)c1. The van der Waals surface area contributed by atoms with Crippen LogP contribution in [0, 0.1) is 5.41 Å². The Hall–Kier alpha value is -1.27. The van der Waals surface area contributed by atoms with E-state index in [4.69, 9.17) is 5.73 Å². The second-order valence-corrected chi connectivity index (χ2v) is 8.63. The van der Waals surface area contributed by atoms with Gasteiger partial charge in [-0.2, -0.15) is 4.31 Å². The second kappa shape index (κ2) is 5.50. The lowest BCUT2D eigenvalue weighted by atomic mass is 9.76. The highest BCUT2D eigenvalue weighted by Gasteiger charge is 2.34. The Kier molecular flexibility index (Phi) is 4.22. The van der Waals surface area contributed by atoms with E-state index in [0.717, 1.165) is 25.7 Å². The van der Waals surface area contributed by atoms with Gasteiger partial charge in [0.2, 0.25) is 10.0 Å². The van der Waals surface area contributed by atoms with Crippen LogP contribution in [0.2, 0.25) is 0 Å². The maximum Gasteiger partial charge on any atom is 0.243 e. The number of anilines is 1. The molecule has 0 aliphatic heterocycles. The number of hydrogen-bond donors (Lipinski definition) is 2. The van der Waals surface area contributed by atoms with Gasteiger partial charge in [0.25, 0.3) is 0 Å². The third-order valence-corrected chi connectivity index (χ3v) is 6.40. The van der Waals surface area contributed by atoms with Crippen molar-refractivity contribution >= 4 is 15.7 Å². The second-order valence-electron chi connectivity index (χ2n) is 6.64. The smallest absolute Gasteiger partial charge is 0.243 e. The number of aromatic hydroxyl groups is 1. The largest absolute Gasteiger partial charge is 0.506 e. The quantitative estimate of drug-likeness (QED) is 0.663. The molecule has 1 aromatic rings. The number of nitrogens with zero attached hydrogens (tertiary/aromatic N) is 1. The van der Waals surface area contributed by atoms with Gasteiger partial charge in [0.15, 0.2) is 0 Å². The molecule has 3 N–H and O–H groups in total. The Balaban J connectivity index is 2.21. The van der Waals surface area contributed by atoms with Crippen molar-refractivity contribution in [1.29, 1.82) is 0 Å². The highest BCUT2D eigenvalue weighted by atomic mass is 32.2. The summed E-state index contributed by atoms with van der Waals surface area (Å²) < 4.78 is 26.7. The van der Waals surface area contributed by atoms with E-state index in [1.165, 1.54) is 22.5 Å². The fourth-order valence-electron chi connectivity index (χ4n) is 2.80. The number of nitrogen functional groups attached to an aromatic ring is 1. The Morgan fingerprint density at radius 3 is 2.38 bits per heavy atom. The standard InChI is InChI=1S/C15H24N2O3S/c1-15(2)8-6-11(7-9-15)17(3)21(19,20)12-4-5-14(18)13(16)10-12/h4-5,10-11,18H,6-9,16H2,1-3H3. The van der Waals surface area contributed by atoms with Gasteiger partial charge in [0.05, 0.1) is 10.6 Å². The Morgan fingerprint density at radius 1 is 1.29 bits per heavy atom. The predicted octanol–water partition coefficient (Wildman–Crippen LogP) is 2.56. The average molecular weight is 312 g/mol. The van der Waals surface area contributed by atoms with Crippen LogP contribution in [0.25, 0.3) is 0 Å². The summed E-state index contributed by atoms with van der Waals surface area (Å²) in [4.78, 5) is 0.130. The monoisotopic (exact) mass is 312 g/mol. The molecule has 0 unspecified atom stereocenters. The van der Waals surface area contributed by atoms with Crippen LogP contribution in [0.5, 0.6) is 5.75 Å². The van der Waals surface area contributed by atoms with E-state index in [0.29, 0.717) is 5.41 Å². The first kappa shape index (κ1) is 16.1. The predicted molar refractivity (Wildman–Crippen MR) is 83.5 cm³/mol. The zero-order valence-corrected chi connectivity index (χ0v) is 13.7. The summed E-state index contributed by atoms with van der Waals surface area (Å²) in [5, 5.41) is 9.42. The van der Waals surface area contributed by atoms with Crippen molar-refractivity contribution in [3.05, 3.63) is 18.2 Å². The molecular weight excluding hydrogens is 288 g/mol. The van der Waals surface area contributed by atoms with E-state index < -0.39 is 10.0 Å². The van der Waals surface area contributed by atoms with E-state index in [1.54, 1.807) is 7.05 Å². The van der Waals surface area contributed by atoms with E-state index in [9.17, 15) is 13.5 Å². The van der Waals surface area contributed by atoms with Crippen molar-refractivity contribution in [2.75, 3.05) is 12.8 Å². The van der Waals surface area contributed by atoms with Crippen molar-refractivity contribution in [1.82, 2.24) is 4.31 Å². The molecule has 0 spiro atoms. The van der Waals surface area contributed by atoms with Crippen LogP contribution in [0.15, 0.2) is 23.1 Å². The first-order valence-corrected chi connectivity index (χ1v) is 8.64. The summed E-state index contributed by atoms with van der Waals surface area (Å²) in [5.74, 6) is -0.101. The van der Waals surface area contributed by atoms with Crippen LogP contribution in [0.4, 0.5) is 5.69 Å². The zero-order valence-electron chi connectivity index (χ0n) is 12.8. The maximum atomic E-state index is 12.6. The van der Waals surface area contributed by atoms with Gasteiger partial charge in [0.1, 0.15) is 5.75 Å². The molecule has 0 heterocycles. The molecule has 0 amide bonds. The van der Waals surface area contributed by atoms with Crippen LogP contribution >= 0.6 is 0 Å². The Morgan fingerprint density at radius 2 is 1.86 bits per heavy atom. The minimum atomic E-state index is -3.57. The Bertz CT molecular complexity index is 616. The van der Waals surface area contributed by atoms with Crippen molar-refractivity contribution in [2.45, 2.75) is 50.5 Å². The maximum absolute atomic E-state index is 12.6. The van der Waals surface area contributed by atoms with Crippen LogP contribution in [0.3, 0.4) is 0 Å². The van der Waals surface area contributed by atoms with Crippen molar-refractivity contribution in [3.8, 4) is 5.75 Å². The molecule has 0 aromatic heterocycles. The molecule has 1 fully saturated rings. The normalized spacial score (nSPS) is 19.8. The number of phenolic OH excluding ortho intramolecular Hbond substituents is 1. The van der Waals surface area contributed by atoms with Crippen LogP contribution in [-0.4, -0.2) is 30.9 Å². The summed E-state index contributed by atoms with van der Waals surface area (Å²) in [7, 11) is -1.95. The summed E-state index contributed by atoms with van der Waals surface area (Å²) in [6.07, 6.45) is 3.79. The topological polar surface area (TPSA) is 83.6 Å². The van der Waals surface area contributed by atoms with Gasteiger partial charge in [-0.15, -0.1) is 0 Å². The van der Waals surface area contributed by atoms with Gasteiger partial charge in [-0.05, 0) is 49.3 Å². The molecule has 5 nitrogen and oxygen atoms in total. The van der Waals surface area contributed by atoms with Crippen LogP contribution < -0.4 is 5.73 Å². The lowest BCUT2D eigenvalue weighted by molar-refractivity contribution is 0.174. The molecule has 1 saturated carbocycles. The molecule has 0 saturated heterocycles. The minimum absolute atomic E-state index is 0.0260. The number of sulfonamides is 1. The highest BCUT2D eigenvalue weighted by Crippen LogP contribution is 2.38. The van der Waals surface area contributed by atoms with Crippen molar-refractivity contribution < 1.29 is 13.5 Å². The summed E-state index contributed by atoms with van der Waals surface area (Å²) in [6.45, 7) is 4.44. The molecule has 0 bridgehead atoms. The van der Waals surface area contributed by atoms with Gasteiger partial charge in [0, 0.05) is 13.1 Å². The fraction of sp³-hybridized carbons (Fsp3) is 0.600. The molecule has 0 radical (unpaired) electrons. The van der Waals surface area contributed by atoms with Gasteiger partial charge < -0.3 is 10.8 Å². The number of phenols is 1. The number of nitrogens with two attached hydrogens (primary N) is 1. The van der Waals surface area contributed by atoms with E-state index in [1.807, 2.05) is 0 Å². The molecule has 1 aliphatic carbocycles. The molecule has 1 aliphatic rings. The van der Waals surface area contributed by atoms with E-state index >= 15 is 0 Å². The third-order valence-electron chi connectivity index (χ3n) is 4.50.